The second kappa shape index (κ2) is 3.39. The molecule has 0 spiro atoms. The number of rotatable bonds is 2. The molecule has 2 N–H and O–H groups in total. The molecule has 0 heterocycles. The van der Waals surface area contributed by atoms with Crippen LogP contribution < -0.4 is 10.5 Å². The maximum Gasteiger partial charge on any atom is 0.140 e. The maximum atomic E-state index is 6.26. The van der Waals surface area contributed by atoms with Crippen LogP contribution in [0.2, 0.25) is 5.02 Å². The lowest BCUT2D eigenvalue weighted by Gasteiger charge is -2.18. The van der Waals surface area contributed by atoms with Gasteiger partial charge in [0.15, 0.2) is 0 Å². The van der Waals surface area contributed by atoms with Crippen LogP contribution in [0.5, 0.6) is 5.75 Å². The maximum absolute atomic E-state index is 6.26. The lowest BCUT2D eigenvalue weighted by molar-refractivity contribution is 0.411. The zero-order chi connectivity index (χ0) is 11.2. The van der Waals surface area contributed by atoms with Crippen molar-refractivity contribution in [2.24, 2.45) is 5.73 Å². The molecule has 3 heteroatoms. The largest absolute Gasteiger partial charge is 0.495 e. The van der Waals surface area contributed by atoms with Gasteiger partial charge in [-0.05, 0) is 43.4 Å². The van der Waals surface area contributed by atoms with Gasteiger partial charge >= 0.3 is 0 Å². The van der Waals surface area contributed by atoms with Gasteiger partial charge in [0.05, 0.1) is 12.1 Å². The van der Waals surface area contributed by atoms with Gasteiger partial charge in [0.25, 0.3) is 0 Å². The minimum absolute atomic E-state index is 0.134. The average Bonchev–Trinajstić information content (AvgIpc) is 2.92. The van der Waals surface area contributed by atoms with Gasteiger partial charge in [-0.25, -0.2) is 0 Å². The summed E-state index contributed by atoms with van der Waals surface area (Å²) in [6.45, 7) is 4.01. The molecule has 1 aliphatic carbocycles. The summed E-state index contributed by atoms with van der Waals surface area (Å²) < 4.78 is 5.27. The Hall–Kier alpha value is -0.730. The van der Waals surface area contributed by atoms with Crippen LogP contribution in [0.3, 0.4) is 0 Å². The van der Waals surface area contributed by atoms with Crippen LogP contribution in [-0.4, -0.2) is 7.11 Å². The Morgan fingerprint density at radius 2 is 2.00 bits per heavy atom. The van der Waals surface area contributed by atoms with Crippen molar-refractivity contribution < 1.29 is 4.74 Å². The molecular formula is C12H16ClNO. The molecule has 0 atom stereocenters. The summed E-state index contributed by atoms with van der Waals surface area (Å²) in [5.41, 5.74) is 9.35. The Morgan fingerprint density at radius 1 is 1.40 bits per heavy atom. The topological polar surface area (TPSA) is 35.2 Å². The summed E-state index contributed by atoms with van der Waals surface area (Å²) in [5.74, 6) is 0.766. The van der Waals surface area contributed by atoms with Crippen molar-refractivity contribution in [1.82, 2.24) is 0 Å². The first-order valence-electron chi connectivity index (χ1n) is 5.12. The molecular weight excluding hydrogens is 210 g/mol. The lowest BCUT2D eigenvalue weighted by atomic mass is 9.97. The molecule has 1 aromatic carbocycles. The molecule has 0 aromatic heterocycles. The zero-order valence-corrected chi connectivity index (χ0v) is 10.1. The van der Waals surface area contributed by atoms with E-state index in [2.05, 4.69) is 6.07 Å². The van der Waals surface area contributed by atoms with Gasteiger partial charge in [-0.2, -0.15) is 0 Å². The predicted molar refractivity (Wildman–Crippen MR) is 62.6 cm³/mol. The van der Waals surface area contributed by atoms with Crippen LogP contribution in [0.4, 0.5) is 0 Å². The molecule has 82 valence electrons. The number of hydrogen-bond donors (Lipinski definition) is 1. The molecule has 0 unspecified atom stereocenters. The van der Waals surface area contributed by atoms with Crippen molar-refractivity contribution >= 4 is 11.6 Å². The monoisotopic (exact) mass is 225 g/mol. The summed E-state index contributed by atoms with van der Waals surface area (Å²) in [6.07, 6.45) is 2.10. The van der Waals surface area contributed by atoms with Crippen LogP contribution in [0.1, 0.15) is 29.5 Å². The van der Waals surface area contributed by atoms with Crippen LogP contribution in [0, 0.1) is 13.8 Å². The van der Waals surface area contributed by atoms with Crippen LogP contribution >= 0.6 is 11.6 Å². The van der Waals surface area contributed by atoms with E-state index in [1.165, 1.54) is 5.56 Å². The molecule has 2 rings (SSSR count). The highest BCUT2D eigenvalue weighted by Gasteiger charge is 2.41. The first-order valence-corrected chi connectivity index (χ1v) is 5.50. The molecule has 1 aromatic rings. The number of aryl methyl sites for hydroxylation is 1. The Bertz CT molecular complexity index is 411. The highest BCUT2D eigenvalue weighted by atomic mass is 35.5. The smallest absolute Gasteiger partial charge is 0.140 e. The molecule has 1 aliphatic rings. The number of halogens is 1. The molecule has 0 amide bonds. The molecule has 0 bridgehead atoms. The third-order valence-corrected chi connectivity index (χ3v) is 3.64. The fourth-order valence-corrected chi connectivity index (χ4v) is 2.35. The molecule has 1 saturated carbocycles. The Morgan fingerprint density at radius 3 is 2.47 bits per heavy atom. The van der Waals surface area contributed by atoms with Crippen molar-refractivity contribution in [3.05, 3.63) is 27.8 Å². The highest BCUT2D eigenvalue weighted by Crippen LogP contribution is 2.47. The summed E-state index contributed by atoms with van der Waals surface area (Å²) >= 11 is 6.26. The minimum Gasteiger partial charge on any atom is -0.495 e. The molecule has 0 radical (unpaired) electrons. The standard InChI is InChI=1S/C12H16ClNO/c1-7-6-9(12(14)4-5-12)8(2)10(13)11(7)15-3/h6H,4-5,14H2,1-3H3. The van der Waals surface area contributed by atoms with Gasteiger partial charge in [-0.1, -0.05) is 17.7 Å². The molecule has 2 nitrogen and oxygen atoms in total. The van der Waals surface area contributed by atoms with E-state index in [4.69, 9.17) is 22.1 Å². The zero-order valence-electron chi connectivity index (χ0n) is 9.36. The lowest BCUT2D eigenvalue weighted by Crippen LogP contribution is -2.20. The first kappa shape index (κ1) is 10.8. The van der Waals surface area contributed by atoms with Gasteiger partial charge in [0, 0.05) is 5.54 Å². The quantitative estimate of drug-likeness (QED) is 0.840. The van der Waals surface area contributed by atoms with Crippen molar-refractivity contribution in [3.63, 3.8) is 0 Å². The summed E-state index contributed by atoms with van der Waals surface area (Å²) in [5, 5.41) is 0.698. The predicted octanol–water partition coefficient (Wildman–Crippen LogP) is 2.91. The molecule has 15 heavy (non-hydrogen) atoms. The Balaban J connectivity index is 2.59. The van der Waals surface area contributed by atoms with E-state index in [-0.39, 0.29) is 5.54 Å². The van der Waals surface area contributed by atoms with Gasteiger partial charge in [-0.15, -0.1) is 0 Å². The molecule has 0 saturated heterocycles. The summed E-state index contributed by atoms with van der Waals surface area (Å²) in [4.78, 5) is 0. The highest BCUT2D eigenvalue weighted by molar-refractivity contribution is 6.33. The number of benzene rings is 1. The molecule has 1 fully saturated rings. The third-order valence-electron chi connectivity index (χ3n) is 3.18. The number of hydrogen-bond acceptors (Lipinski definition) is 2. The van der Waals surface area contributed by atoms with Crippen molar-refractivity contribution in [3.8, 4) is 5.75 Å². The third kappa shape index (κ3) is 1.62. The number of nitrogens with two attached hydrogens (primary N) is 1. The van der Waals surface area contributed by atoms with E-state index < -0.39 is 0 Å². The number of ether oxygens (including phenoxy) is 1. The van der Waals surface area contributed by atoms with Crippen molar-refractivity contribution in [1.29, 1.82) is 0 Å². The van der Waals surface area contributed by atoms with Gasteiger partial charge in [0.2, 0.25) is 0 Å². The molecule has 0 aliphatic heterocycles. The summed E-state index contributed by atoms with van der Waals surface area (Å²) in [7, 11) is 1.64. The van der Waals surface area contributed by atoms with Crippen LogP contribution in [0.15, 0.2) is 6.07 Å². The SMILES string of the molecule is COc1c(C)cc(C2(N)CC2)c(C)c1Cl. The summed E-state index contributed by atoms with van der Waals surface area (Å²) in [6, 6.07) is 2.10. The van der Waals surface area contributed by atoms with Crippen LogP contribution in [0.25, 0.3) is 0 Å². The van der Waals surface area contributed by atoms with E-state index in [1.807, 2.05) is 13.8 Å². The Kier molecular flexibility index (Phi) is 2.44. The fourth-order valence-electron chi connectivity index (χ4n) is 2.02. The van der Waals surface area contributed by atoms with E-state index in [0.717, 1.165) is 29.7 Å². The minimum atomic E-state index is -0.134. The van der Waals surface area contributed by atoms with E-state index in [9.17, 15) is 0 Å². The Labute approximate surface area is 95.4 Å². The average molecular weight is 226 g/mol. The van der Waals surface area contributed by atoms with Crippen LogP contribution in [-0.2, 0) is 5.54 Å². The van der Waals surface area contributed by atoms with Crippen molar-refractivity contribution in [2.45, 2.75) is 32.2 Å². The van der Waals surface area contributed by atoms with Gasteiger partial charge in [-0.3, -0.25) is 0 Å². The van der Waals surface area contributed by atoms with Crippen molar-refractivity contribution in [2.75, 3.05) is 7.11 Å². The van der Waals surface area contributed by atoms with E-state index in [1.54, 1.807) is 7.11 Å². The second-order valence-corrected chi connectivity index (χ2v) is 4.75. The van der Waals surface area contributed by atoms with Gasteiger partial charge in [0.1, 0.15) is 5.75 Å². The fraction of sp³-hybridized carbons (Fsp3) is 0.500. The second-order valence-electron chi connectivity index (χ2n) is 4.37. The first-order chi connectivity index (χ1) is 6.99. The van der Waals surface area contributed by atoms with E-state index >= 15 is 0 Å². The van der Waals surface area contributed by atoms with Gasteiger partial charge < -0.3 is 10.5 Å². The number of methoxy groups -OCH3 is 1. The normalized spacial score (nSPS) is 17.7. The van der Waals surface area contributed by atoms with E-state index in [0.29, 0.717) is 5.02 Å².